The number of fused-ring (bicyclic) bond motifs is 2. The van der Waals surface area contributed by atoms with E-state index >= 15 is 0 Å². The van der Waals surface area contributed by atoms with E-state index in [-0.39, 0.29) is 25.4 Å². The molecule has 0 saturated carbocycles. The first-order valence-corrected chi connectivity index (χ1v) is 12.6. The molecular formula is C32H30O4. The summed E-state index contributed by atoms with van der Waals surface area (Å²) in [5.74, 6) is 0. The third-order valence-corrected chi connectivity index (χ3v) is 7.65. The van der Waals surface area contributed by atoms with Crippen LogP contribution >= 0.6 is 0 Å². The topological polar surface area (TPSA) is 58.9 Å². The highest BCUT2D eigenvalue weighted by atomic mass is 16.5. The van der Waals surface area contributed by atoms with Crippen molar-refractivity contribution in [3.63, 3.8) is 0 Å². The fourth-order valence-corrected chi connectivity index (χ4v) is 5.99. The van der Waals surface area contributed by atoms with Gasteiger partial charge in [0.15, 0.2) is 0 Å². The normalized spacial score (nSPS) is 18.3. The number of aliphatic hydroxyl groups is 2. The van der Waals surface area contributed by atoms with Crippen molar-refractivity contribution in [1.82, 2.24) is 0 Å². The van der Waals surface area contributed by atoms with Gasteiger partial charge in [-0.1, -0.05) is 60.7 Å². The molecule has 0 aromatic heterocycles. The van der Waals surface area contributed by atoms with Crippen LogP contribution in [0.1, 0.15) is 59.4 Å². The Morgan fingerprint density at radius 1 is 0.639 bits per heavy atom. The fraction of sp³-hybridized carbons (Fsp3) is 0.250. The predicted molar refractivity (Wildman–Crippen MR) is 141 cm³/mol. The summed E-state index contributed by atoms with van der Waals surface area (Å²) < 4.78 is 12.4. The Morgan fingerprint density at radius 3 is 1.39 bits per heavy atom. The number of hydrogen-bond acceptors (Lipinski definition) is 4. The Morgan fingerprint density at radius 2 is 1.03 bits per heavy atom. The zero-order valence-electron chi connectivity index (χ0n) is 20.6. The van der Waals surface area contributed by atoms with Crippen LogP contribution in [-0.4, -0.2) is 10.2 Å². The van der Waals surface area contributed by atoms with Crippen molar-refractivity contribution in [2.24, 2.45) is 0 Å². The fourth-order valence-electron chi connectivity index (χ4n) is 5.99. The van der Waals surface area contributed by atoms with Crippen LogP contribution in [-0.2, 0) is 35.9 Å². The molecule has 2 heterocycles. The number of benzene rings is 4. The Hall–Kier alpha value is -3.28. The van der Waals surface area contributed by atoms with Crippen LogP contribution in [0, 0.1) is 0 Å². The highest BCUT2D eigenvalue weighted by Crippen LogP contribution is 2.51. The van der Waals surface area contributed by atoms with Gasteiger partial charge in [-0.3, -0.25) is 0 Å². The van der Waals surface area contributed by atoms with Crippen molar-refractivity contribution in [1.29, 1.82) is 0 Å². The predicted octanol–water partition coefficient (Wildman–Crippen LogP) is 6.85. The first kappa shape index (κ1) is 23.1. The Bertz CT molecular complexity index is 1320. The van der Waals surface area contributed by atoms with Crippen molar-refractivity contribution in [2.45, 2.75) is 52.5 Å². The molecule has 2 N–H and O–H groups in total. The highest BCUT2D eigenvalue weighted by molar-refractivity contribution is 5.87. The number of rotatable bonds is 5. The van der Waals surface area contributed by atoms with E-state index in [0.717, 1.165) is 66.8 Å². The molecule has 0 fully saturated rings. The van der Waals surface area contributed by atoms with E-state index in [1.807, 2.05) is 36.4 Å². The highest BCUT2D eigenvalue weighted by Gasteiger charge is 2.34. The molecule has 6 rings (SSSR count). The third kappa shape index (κ3) is 3.61. The molecule has 36 heavy (non-hydrogen) atoms. The average molecular weight is 479 g/mol. The van der Waals surface area contributed by atoms with E-state index in [4.69, 9.17) is 9.47 Å². The van der Waals surface area contributed by atoms with E-state index < -0.39 is 0 Å². The molecule has 2 atom stereocenters. The second kappa shape index (κ2) is 9.30. The molecule has 0 amide bonds. The van der Waals surface area contributed by atoms with Gasteiger partial charge in [-0.25, -0.2) is 0 Å². The van der Waals surface area contributed by atoms with E-state index in [0.29, 0.717) is 13.2 Å². The van der Waals surface area contributed by atoms with Crippen LogP contribution < -0.4 is 0 Å². The van der Waals surface area contributed by atoms with Crippen molar-refractivity contribution < 1.29 is 19.7 Å². The van der Waals surface area contributed by atoms with Crippen molar-refractivity contribution in [3.05, 3.63) is 106 Å². The summed E-state index contributed by atoms with van der Waals surface area (Å²) in [5, 5.41) is 21.3. The second-order valence-corrected chi connectivity index (χ2v) is 9.66. The van der Waals surface area contributed by atoms with Gasteiger partial charge in [-0.2, -0.15) is 0 Å². The van der Waals surface area contributed by atoms with Crippen LogP contribution in [0.2, 0.25) is 0 Å². The molecule has 4 aromatic rings. The largest absolute Gasteiger partial charge is 0.392 e. The molecule has 0 aliphatic carbocycles. The van der Waals surface area contributed by atoms with Gasteiger partial charge in [0.2, 0.25) is 0 Å². The quantitative estimate of drug-likeness (QED) is 0.329. The lowest BCUT2D eigenvalue weighted by atomic mass is 9.79. The van der Waals surface area contributed by atoms with Crippen molar-refractivity contribution in [3.8, 4) is 33.4 Å². The van der Waals surface area contributed by atoms with E-state index in [9.17, 15) is 10.2 Å². The summed E-state index contributed by atoms with van der Waals surface area (Å²) >= 11 is 0. The monoisotopic (exact) mass is 478 g/mol. The Balaban J connectivity index is 1.68. The molecular weight excluding hydrogens is 448 g/mol. The molecule has 4 aromatic carbocycles. The summed E-state index contributed by atoms with van der Waals surface area (Å²) in [6, 6.07) is 24.7. The molecule has 4 heteroatoms. The van der Waals surface area contributed by atoms with Gasteiger partial charge in [0, 0.05) is 0 Å². The lowest BCUT2D eigenvalue weighted by Gasteiger charge is -2.25. The van der Waals surface area contributed by atoms with Crippen LogP contribution in [0.25, 0.3) is 33.4 Å². The second-order valence-electron chi connectivity index (χ2n) is 9.66. The van der Waals surface area contributed by atoms with Gasteiger partial charge in [0.1, 0.15) is 0 Å². The summed E-state index contributed by atoms with van der Waals surface area (Å²) in [6.45, 7) is 4.97. The zero-order valence-corrected chi connectivity index (χ0v) is 20.6. The smallest absolute Gasteiger partial charge is 0.0811 e. The van der Waals surface area contributed by atoms with E-state index in [1.165, 1.54) is 0 Å². The summed E-state index contributed by atoms with van der Waals surface area (Å²) in [6.07, 6.45) is -0.254. The SMILES string of the molecule is C[C@H]1OCc2c(-c3ccccc3)cc(CO)c(-c3c(CO)cc(-c4ccccc4)c4c3[C@@H](C)OC4)c21. The first-order chi connectivity index (χ1) is 17.6. The molecule has 0 bridgehead atoms. The molecule has 182 valence electrons. The maximum absolute atomic E-state index is 10.6. The van der Waals surface area contributed by atoms with Gasteiger partial charge >= 0.3 is 0 Å². The molecule has 4 nitrogen and oxygen atoms in total. The van der Waals surface area contributed by atoms with Gasteiger partial charge in [0.25, 0.3) is 0 Å². The zero-order chi connectivity index (χ0) is 24.8. The minimum atomic E-state index is -0.127. The first-order valence-electron chi connectivity index (χ1n) is 12.6. The van der Waals surface area contributed by atoms with Crippen LogP contribution in [0.3, 0.4) is 0 Å². The molecule has 0 saturated heterocycles. The molecule has 2 aliphatic heterocycles. The van der Waals surface area contributed by atoms with Gasteiger partial charge in [-0.15, -0.1) is 0 Å². The molecule has 0 spiro atoms. The van der Waals surface area contributed by atoms with Crippen molar-refractivity contribution in [2.75, 3.05) is 0 Å². The summed E-state index contributed by atoms with van der Waals surface area (Å²) in [4.78, 5) is 0. The number of hydrogen-bond donors (Lipinski definition) is 2. The van der Waals surface area contributed by atoms with Gasteiger partial charge in [0.05, 0.1) is 38.6 Å². The van der Waals surface area contributed by atoms with Gasteiger partial charge in [-0.05, 0) is 92.7 Å². The maximum Gasteiger partial charge on any atom is 0.0811 e. The third-order valence-electron chi connectivity index (χ3n) is 7.65. The van der Waals surface area contributed by atoms with Crippen LogP contribution in [0.4, 0.5) is 0 Å². The maximum atomic E-state index is 10.6. The van der Waals surface area contributed by atoms with Gasteiger partial charge < -0.3 is 19.7 Å². The summed E-state index contributed by atoms with van der Waals surface area (Å²) in [5.41, 5.74) is 12.5. The van der Waals surface area contributed by atoms with Crippen LogP contribution in [0.15, 0.2) is 72.8 Å². The lowest BCUT2D eigenvalue weighted by molar-refractivity contribution is 0.0791. The minimum Gasteiger partial charge on any atom is -0.392 e. The molecule has 0 radical (unpaired) electrons. The number of aliphatic hydroxyl groups excluding tert-OH is 2. The minimum absolute atomic E-state index is 0.107. The van der Waals surface area contributed by atoms with Crippen molar-refractivity contribution >= 4 is 0 Å². The number of ether oxygens (including phenoxy) is 2. The lowest BCUT2D eigenvalue weighted by Crippen LogP contribution is -2.07. The standard InChI is InChI=1S/C32H30O4/c1-19-29-27(17-35-19)25(21-9-5-3-6-10-21)13-23(15-33)31(29)32-24(16-34)14-26(22-11-7-4-8-12-22)28-18-36-20(2)30(28)32/h3-14,19-20,33-34H,15-18H2,1-2H3/t19-,20-/m1/s1. The molecule has 0 unspecified atom stereocenters. The summed E-state index contributed by atoms with van der Waals surface area (Å²) in [7, 11) is 0. The molecule has 2 aliphatic rings. The van der Waals surface area contributed by atoms with Crippen LogP contribution in [0.5, 0.6) is 0 Å². The Kier molecular flexibility index (Phi) is 5.98. The Labute approximate surface area is 211 Å². The average Bonchev–Trinajstić information content (AvgIpc) is 3.51. The van der Waals surface area contributed by atoms with E-state index in [1.54, 1.807) is 0 Å². The van der Waals surface area contributed by atoms with E-state index in [2.05, 4.69) is 50.2 Å².